The Labute approximate surface area is 139 Å². The number of thiol groups is 1. The van der Waals surface area contributed by atoms with Crippen molar-refractivity contribution >= 4 is 12.6 Å². The van der Waals surface area contributed by atoms with Crippen LogP contribution in [0.1, 0.15) is 56.6 Å². The Bertz CT molecular complexity index is 578. The van der Waals surface area contributed by atoms with Gasteiger partial charge in [0, 0.05) is 22.9 Å². The van der Waals surface area contributed by atoms with E-state index in [-0.39, 0.29) is 0 Å². The van der Waals surface area contributed by atoms with Gasteiger partial charge in [-0.2, -0.15) is 0 Å². The molecule has 0 unspecified atom stereocenters. The van der Waals surface area contributed by atoms with Crippen molar-refractivity contribution in [3.63, 3.8) is 0 Å². The first-order valence-electron chi connectivity index (χ1n) is 8.31. The first-order valence-corrected chi connectivity index (χ1v) is 8.76. The van der Waals surface area contributed by atoms with Crippen molar-refractivity contribution in [2.45, 2.75) is 63.7 Å². The highest BCUT2D eigenvalue weighted by Gasteiger charge is 2.05. The molecule has 0 fully saturated rings. The van der Waals surface area contributed by atoms with Gasteiger partial charge in [0.05, 0.1) is 0 Å². The Balaban J connectivity index is 1.87. The second-order valence-electron chi connectivity index (χ2n) is 5.95. The molecule has 0 atom stereocenters. The van der Waals surface area contributed by atoms with Crippen molar-refractivity contribution in [3.05, 3.63) is 41.7 Å². The summed E-state index contributed by atoms with van der Waals surface area (Å²) in [6.07, 6.45) is 12.9. The van der Waals surface area contributed by atoms with Crippen molar-refractivity contribution in [2.24, 2.45) is 0 Å². The zero-order valence-electron chi connectivity index (χ0n) is 13.7. The van der Waals surface area contributed by atoms with Crippen LogP contribution in [0.2, 0.25) is 0 Å². The Morgan fingerprint density at radius 2 is 1.64 bits per heavy atom. The van der Waals surface area contributed by atoms with Crippen molar-refractivity contribution in [1.82, 2.24) is 9.97 Å². The van der Waals surface area contributed by atoms with E-state index in [1.54, 1.807) is 0 Å². The van der Waals surface area contributed by atoms with Crippen LogP contribution in [0.25, 0.3) is 11.4 Å². The van der Waals surface area contributed by atoms with Crippen LogP contribution in [-0.4, -0.2) is 9.97 Å². The van der Waals surface area contributed by atoms with Gasteiger partial charge in [-0.1, -0.05) is 45.1 Å². The first-order chi connectivity index (χ1) is 10.7. The molecule has 2 rings (SSSR count). The number of rotatable bonds is 8. The Kier molecular flexibility index (Phi) is 6.91. The van der Waals surface area contributed by atoms with Gasteiger partial charge in [-0.15, -0.1) is 12.6 Å². The van der Waals surface area contributed by atoms with E-state index >= 15 is 0 Å². The largest absolute Gasteiger partial charge is 0.236 e. The van der Waals surface area contributed by atoms with Gasteiger partial charge < -0.3 is 0 Å². The molecule has 0 N–H and O–H groups in total. The summed E-state index contributed by atoms with van der Waals surface area (Å²) in [4.78, 5) is 9.95. The highest BCUT2D eigenvalue weighted by molar-refractivity contribution is 7.80. The van der Waals surface area contributed by atoms with Gasteiger partial charge in [-0.3, -0.25) is 0 Å². The number of hydrogen-bond acceptors (Lipinski definition) is 3. The lowest BCUT2D eigenvalue weighted by Crippen LogP contribution is -1.94. The van der Waals surface area contributed by atoms with Crippen LogP contribution >= 0.6 is 12.6 Å². The van der Waals surface area contributed by atoms with Crippen molar-refractivity contribution in [3.8, 4) is 11.4 Å². The van der Waals surface area contributed by atoms with Gasteiger partial charge in [-0.05, 0) is 43.0 Å². The molecule has 3 heteroatoms. The number of benzene rings is 1. The van der Waals surface area contributed by atoms with E-state index in [1.165, 1.54) is 49.7 Å². The molecular weight excluding hydrogens is 288 g/mol. The highest BCUT2D eigenvalue weighted by atomic mass is 32.1. The fourth-order valence-corrected chi connectivity index (χ4v) is 2.94. The predicted octanol–water partition coefficient (Wildman–Crippen LogP) is 5.64. The third kappa shape index (κ3) is 5.13. The average molecular weight is 314 g/mol. The molecule has 1 aromatic carbocycles. The second-order valence-corrected chi connectivity index (χ2v) is 6.44. The molecule has 2 aromatic rings. The van der Waals surface area contributed by atoms with Crippen LogP contribution < -0.4 is 0 Å². The van der Waals surface area contributed by atoms with Crippen LogP contribution in [0.3, 0.4) is 0 Å². The molecule has 0 bridgehead atoms. The van der Waals surface area contributed by atoms with Crippen LogP contribution in [0, 0.1) is 6.92 Å². The van der Waals surface area contributed by atoms with E-state index in [9.17, 15) is 0 Å². The molecule has 1 heterocycles. The second kappa shape index (κ2) is 8.94. The quantitative estimate of drug-likeness (QED) is 0.503. The summed E-state index contributed by atoms with van der Waals surface area (Å²) >= 11 is 4.52. The van der Waals surface area contributed by atoms with E-state index in [4.69, 9.17) is 0 Å². The average Bonchev–Trinajstić information content (AvgIpc) is 2.52. The van der Waals surface area contributed by atoms with Crippen LogP contribution in [0.5, 0.6) is 0 Å². The minimum absolute atomic E-state index is 0.761. The van der Waals surface area contributed by atoms with Crippen LogP contribution in [0.15, 0.2) is 35.5 Å². The zero-order valence-corrected chi connectivity index (χ0v) is 14.6. The smallest absolute Gasteiger partial charge is 0.160 e. The van der Waals surface area contributed by atoms with Gasteiger partial charge in [0.25, 0.3) is 0 Å². The summed E-state index contributed by atoms with van der Waals surface area (Å²) in [7, 11) is 0. The van der Waals surface area contributed by atoms with E-state index < -0.39 is 0 Å². The fraction of sp³-hybridized carbons (Fsp3) is 0.474. The number of aryl methyl sites for hydroxylation is 2. The molecule has 118 valence electrons. The van der Waals surface area contributed by atoms with Crippen LogP contribution in [-0.2, 0) is 6.42 Å². The van der Waals surface area contributed by atoms with Gasteiger partial charge in [0.1, 0.15) is 0 Å². The molecule has 2 nitrogen and oxygen atoms in total. The zero-order chi connectivity index (χ0) is 15.8. The lowest BCUT2D eigenvalue weighted by molar-refractivity contribution is 0.607. The van der Waals surface area contributed by atoms with E-state index in [0.717, 1.165) is 22.7 Å². The number of aromatic nitrogens is 2. The predicted molar refractivity (Wildman–Crippen MR) is 96.5 cm³/mol. The van der Waals surface area contributed by atoms with E-state index in [2.05, 4.69) is 42.5 Å². The molecule has 0 saturated heterocycles. The molecule has 1 aromatic heterocycles. The third-order valence-corrected chi connectivity index (χ3v) is 4.29. The lowest BCUT2D eigenvalue weighted by Gasteiger charge is -2.06. The minimum atomic E-state index is 0.761. The normalized spacial score (nSPS) is 10.9. The van der Waals surface area contributed by atoms with Gasteiger partial charge in [0.15, 0.2) is 5.82 Å². The first kappa shape index (κ1) is 17.0. The minimum Gasteiger partial charge on any atom is -0.236 e. The molecule has 0 amide bonds. The molecular formula is C19H26N2S. The maximum Gasteiger partial charge on any atom is 0.160 e. The Morgan fingerprint density at radius 1 is 0.955 bits per heavy atom. The van der Waals surface area contributed by atoms with Crippen molar-refractivity contribution in [2.75, 3.05) is 0 Å². The molecule has 0 aliphatic heterocycles. The summed E-state index contributed by atoms with van der Waals surface area (Å²) in [6.45, 7) is 4.32. The molecule has 0 saturated carbocycles. The third-order valence-electron chi connectivity index (χ3n) is 3.92. The summed E-state index contributed by atoms with van der Waals surface area (Å²) in [6, 6.07) is 6.16. The summed E-state index contributed by atoms with van der Waals surface area (Å²) < 4.78 is 0. The van der Waals surface area contributed by atoms with Crippen LogP contribution in [0.4, 0.5) is 0 Å². The maximum atomic E-state index is 4.52. The van der Waals surface area contributed by atoms with E-state index in [0.29, 0.717) is 0 Å². The summed E-state index contributed by atoms with van der Waals surface area (Å²) in [5.74, 6) is 0.761. The Hall–Kier alpha value is -1.35. The number of nitrogens with zero attached hydrogens (tertiary/aromatic N) is 2. The lowest BCUT2D eigenvalue weighted by atomic mass is 10.1. The van der Waals surface area contributed by atoms with Crippen molar-refractivity contribution < 1.29 is 0 Å². The van der Waals surface area contributed by atoms with Gasteiger partial charge in [-0.25, -0.2) is 9.97 Å². The number of hydrogen-bond donors (Lipinski definition) is 1. The molecule has 0 spiro atoms. The molecule has 22 heavy (non-hydrogen) atoms. The monoisotopic (exact) mass is 314 g/mol. The number of unbranched alkanes of at least 4 members (excludes halogenated alkanes) is 5. The topological polar surface area (TPSA) is 25.8 Å². The van der Waals surface area contributed by atoms with Crippen molar-refractivity contribution in [1.29, 1.82) is 0 Å². The summed E-state index contributed by atoms with van der Waals surface area (Å²) in [5, 5.41) is 0. The highest BCUT2D eigenvalue weighted by Crippen LogP contribution is 2.24. The van der Waals surface area contributed by atoms with Gasteiger partial charge in [0.2, 0.25) is 0 Å². The van der Waals surface area contributed by atoms with E-state index in [1.807, 2.05) is 24.5 Å². The SMILES string of the molecule is CCCCCCCCc1cnc(-c2ccc(C)cc2S)nc1. The maximum absolute atomic E-state index is 4.52. The standard InChI is InChI=1S/C19H26N2S/c1-3-4-5-6-7-8-9-16-13-20-19(21-14-16)17-11-10-15(2)12-18(17)22/h10-14,22H,3-9H2,1-2H3. The van der Waals surface area contributed by atoms with Gasteiger partial charge >= 0.3 is 0 Å². The molecule has 0 radical (unpaired) electrons. The Morgan fingerprint density at radius 3 is 2.32 bits per heavy atom. The molecule has 0 aliphatic carbocycles. The summed E-state index contributed by atoms with van der Waals surface area (Å²) in [5.41, 5.74) is 3.43. The molecule has 0 aliphatic rings. The fourth-order valence-electron chi connectivity index (χ4n) is 2.56.